The van der Waals surface area contributed by atoms with Gasteiger partial charge in [-0.05, 0) is 103 Å². The number of pyridine rings is 2. The summed E-state index contributed by atoms with van der Waals surface area (Å²) in [4.78, 5) is 3.77. The van der Waals surface area contributed by atoms with Crippen LogP contribution in [0.15, 0.2) is 126 Å². The van der Waals surface area contributed by atoms with E-state index in [1.165, 1.54) is 55.9 Å². The second-order valence-electron chi connectivity index (χ2n) is 13.2. The van der Waals surface area contributed by atoms with Gasteiger partial charge in [0.25, 0.3) is 20.0 Å². The molecular weight excluding hydrogens is 960 g/mol. The minimum atomic E-state index is -4.73. The summed E-state index contributed by atoms with van der Waals surface area (Å²) in [6.45, 7) is 4.21. The SMILES string of the molecule is C.CCn1nnnc1-c1cc(NS(=O)(=O)c2ccc(C)cc2Cl)ccc1Oc1cncc(Cl)c1.COc1ccc(S(=O)(=O)Nc2cc(C(F)(F)F)ccc2Oc2cc(Cl)c[n+]([O-])c2)cc1. The van der Waals surface area contributed by atoms with Crippen LogP contribution >= 0.6 is 34.8 Å². The molecule has 0 saturated heterocycles. The summed E-state index contributed by atoms with van der Waals surface area (Å²) in [5.41, 5.74) is 0.0193. The smallest absolute Gasteiger partial charge is 0.416 e. The normalized spacial score (nSPS) is 11.4. The molecule has 7 aromatic rings. The molecule has 16 nitrogen and oxygen atoms in total. The van der Waals surface area contributed by atoms with Crippen molar-refractivity contribution in [2.24, 2.45) is 0 Å². The average molecular weight is 996 g/mol. The Hall–Kier alpha value is -6.39. The number of ether oxygens (including phenoxy) is 3. The van der Waals surface area contributed by atoms with Gasteiger partial charge in [-0.3, -0.25) is 14.4 Å². The number of nitrogens with one attached hydrogen (secondary N) is 2. The third-order valence-corrected chi connectivity index (χ3v) is 12.2. The van der Waals surface area contributed by atoms with Gasteiger partial charge in [0.1, 0.15) is 27.2 Å². The molecule has 0 spiro atoms. The minimum absolute atomic E-state index is 0. The van der Waals surface area contributed by atoms with E-state index in [4.69, 9.17) is 49.0 Å². The predicted molar refractivity (Wildman–Crippen MR) is 238 cm³/mol. The van der Waals surface area contributed by atoms with E-state index in [2.05, 4.69) is 30.0 Å². The van der Waals surface area contributed by atoms with Crippen molar-refractivity contribution in [3.63, 3.8) is 0 Å². The molecule has 0 aliphatic heterocycles. The van der Waals surface area contributed by atoms with Gasteiger partial charge in [0.15, 0.2) is 23.5 Å². The fourth-order valence-corrected chi connectivity index (χ4v) is 8.67. The molecule has 7 rings (SSSR count). The van der Waals surface area contributed by atoms with E-state index >= 15 is 0 Å². The quantitative estimate of drug-likeness (QED) is 0.0818. The third-order valence-electron chi connectivity index (χ3n) is 8.52. The number of tetrazole rings is 1. The van der Waals surface area contributed by atoms with Crippen molar-refractivity contribution >= 4 is 66.2 Å². The monoisotopic (exact) mass is 994 g/mol. The molecule has 0 bridgehead atoms. The molecule has 3 aromatic heterocycles. The lowest BCUT2D eigenvalue weighted by Crippen LogP contribution is -2.24. The molecule has 0 amide bonds. The lowest BCUT2D eigenvalue weighted by molar-refractivity contribution is -0.605. The van der Waals surface area contributed by atoms with Gasteiger partial charge in [-0.1, -0.05) is 48.3 Å². The molecular formula is C41H36Cl3F3N8O8S2. The number of aromatic nitrogens is 6. The first-order chi connectivity index (χ1) is 30.2. The van der Waals surface area contributed by atoms with Crippen molar-refractivity contribution in [1.82, 2.24) is 25.2 Å². The van der Waals surface area contributed by atoms with E-state index in [0.717, 1.165) is 30.1 Å². The van der Waals surface area contributed by atoms with E-state index in [0.29, 0.717) is 51.0 Å². The molecule has 2 N–H and O–H groups in total. The summed E-state index contributed by atoms with van der Waals surface area (Å²) in [7, 11) is -6.83. The number of rotatable bonds is 13. The molecule has 0 aliphatic rings. The maximum atomic E-state index is 13.2. The molecule has 0 aliphatic carbocycles. The van der Waals surface area contributed by atoms with Crippen LogP contribution in [0.4, 0.5) is 24.5 Å². The van der Waals surface area contributed by atoms with E-state index in [9.17, 15) is 35.2 Å². The highest BCUT2D eigenvalue weighted by molar-refractivity contribution is 7.93. The van der Waals surface area contributed by atoms with E-state index in [1.54, 1.807) is 41.1 Å². The van der Waals surface area contributed by atoms with Gasteiger partial charge in [0.2, 0.25) is 6.20 Å². The molecule has 342 valence electrons. The van der Waals surface area contributed by atoms with Crippen LogP contribution in [0.25, 0.3) is 11.4 Å². The van der Waals surface area contributed by atoms with Gasteiger partial charge in [0, 0.05) is 30.6 Å². The van der Waals surface area contributed by atoms with Gasteiger partial charge in [0.05, 0.1) is 45.1 Å². The highest BCUT2D eigenvalue weighted by Crippen LogP contribution is 2.39. The first-order valence-corrected chi connectivity index (χ1v) is 22.3. The fraction of sp³-hybridized carbons (Fsp3) is 0.146. The summed E-state index contributed by atoms with van der Waals surface area (Å²) in [6, 6.07) is 19.8. The largest absolute Gasteiger partial charge is 0.619 e. The Labute approximate surface area is 386 Å². The molecule has 0 atom stereocenters. The highest BCUT2D eigenvalue weighted by atomic mass is 35.5. The lowest BCUT2D eigenvalue weighted by atomic mass is 10.1. The van der Waals surface area contributed by atoms with Crippen LogP contribution in [0.2, 0.25) is 15.1 Å². The first-order valence-electron chi connectivity index (χ1n) is 18.2. The van der Waals surface area contributed by atoms with Gasteiger partial charge >= 0.3 is 6.18 Å². The topological polar surface area (TPSA) is 203 Å². The van der Waals surface area contributed by atoms with Crippen LogP contribution in [0, 0.1) is 12.1 Å². The van der Waals surface area contributed by atoms with Crippen LogP contribution in [0.5, 0.6) is 28.7 Å². The lowest BCUT2D eigenvalue weighted by Gasteiger charge is -2.16. The highest BCUT2D eigenvalue weighted by Gasteiger charge is 2.32. The van der Waals surface area contributed by atoms with Crippen LogP contribution in [0.3, 0.4) is 0 Å². The molecule has 0 fully saturated rings. The molecule has 4 aromatic carbocycles. The van der Waals surface area contributed by atoms with Crippen LogP contribution in [-0.4, -0.2) is 49.1 Å². The van der Waals surface area contributed by atoms with Crippen molar-refractivity contribution in [2.45, 2.75) is 43.8 Å². The number of alkyl halides is 3. The van der Waals surface area contributed by atoms with Crippen molar-refractivity contribution in [3.8, 4) is 40.1 Å². The number of sulfonamides is 2. The third kappa shape index (κ3) is 12.7. The number of methoxy groups -OCH3 is 1. The van der Waals surface area contributed by atoms with Crippen LogP contribution < -0.4 is 28.4 Å². The zero-order chi connectivity index (χ0) is 46.4. The number of benzene rings is 4. The zero-order valence-electron chi connectivity index (χ0n) is 33.2. The Morgan fingerprint density at radius 3 is 2.12 bits per heavy atom. The van der Waals surface area contributed by atoms with E-state index in [-0.39, 0.29) is 44.4 Å². The maximum absolute atomic E-state index is 13.2. The fourth-order valence-electron chi connectivity index (χ4n) is 5.59. The number of halogens is 6. The molecule has 0 unspecified atom stereocenters. The number of aryl methyl sites for hydroxylation is 2. The Morgan fingerprint density at radius 2 is 1.48 bits per heavy atom. The average Bonchev–Trinajstić information content (AvgIpc) is 3.70. The van der Waals surface area contributed by atoms with E-state index < -0.39 is 37.5 Å². The Kier molecular flexibility index (Phi) is 15.7. The summed E-state index contributed by atoms with van der Waals surface area (Å²) >= 11 is 18.0. The van der Waals surface area contributed by atoms with Gasteiger partial charge < -0.3 is 19.4 Å². The van der Waals surface area contributed by atoms with Gasteiger partial charge in [-0.2, -0.15) is 17.9 Å². The number of nitrogens with zero attached hydrogens (tertiary/aromatic N) is 6. The van der Waals surface area contributed by atoms with Crippen LogP contribution in [0.1, 0.15) is 25.5 Å². The van der Waals surface area contributed by atoms with Crippen molar-refractivity contribution in [3.05, 3.63) is 147 Å². The number of hydrogen-bond acceptors (Lipinski definition) is 12. The van der Waals surface area contributed by atoms with Gasteiger partial charge in [-0.15, -0.1) is 5.10 Å². The summed E-state index contributed by atoms with van der Waals surface area (Å²) in [5.74, 6) is 1.21. The molecule has 24 heteroatoms. The summed E-state index contributed by atoms with van der Waals surface area (Å²) in [6.07, 6.45) is 0.280. The Morgan fingerprint density at radius 1 is 0.785 bits per heavy atom. The van der Waals surface area contributed by atoms with Gasteiger partial charge in [-0.25, -0.2) is 21.5 Å². The summed E-state index contributed by atoms with van der Waals surface area (Å²) < 4.78 is 114. The summed E-state index contributed by atoms with van der Waals surface area (Å²) in [5, 5.41) is 23.8. The maximum Gasteiger partial charge on any atom is 0.416 e. The Bertz CT molecular complexity index is 3020. The number of hydrogen-bond donors (Lipinski definition) is 2. The standard InChI is InChI=1S/C21H18Cl2N6O3S.C19H14ClF3N2O5S.CH4/c1-3-29-21(25-27-28-29)17-10-15(5-6-19(17)32-16-9-14(22)11-24-12-16)26-33(30,31)20-7-4-13(2)8-18(20)23;1-29-14-3-5-16(6-4-14)31(27,28)24-17-8-12(19(21,22)23)2-7-18(17)30-15-9-13(20)10-25(26)11-15;/h4-12,26H,3H2,1-2H3;2-11,24H,1H3;1H4. The van der Waals surface area contributed by atoms with E-state index in [1.807, 2.05) is 13.8 Å². The molecule has 3 heterocycles. The predicted octanol–water partition coefficient (Wildman–Crippen LogP) is 10.2. The molecule has 0 saturated carbocycles. The van der Waals surface area contributed by atoms with Crippen molar-refractivity contribution < 1.29 is 48.9 Å². The first kappa shape index (κ1) is 49.6. The zero-order valence-corrected chi connectivity index (χ0v) is 37.1. The number of anilines is 2. The minimum Gasteiger partial charge on any atom is -0.619 e. The Balaban J connectivity index is 0.000000241. The molecule has 0 radical (unpaired) electrons. The molecule has 65 heavy (non-hydrogen) atoms. The second-order valence-corrected chi connectivity index (χ2v) is 17.8. The van der Waals surface area contributed by atoms with Crippen LogP contribution in [-0.2, 0) is 32.8 Å². The second kappa shape index (κ2) is 20.6. The van der Waals surface area contributed by atoms with Crippen molar-refractivity contribution in [2.75, 3.05) is 16.6 Å². The van der Waals surface area contributed by atoms with Crippen molar-refractivity contribution in [1.29, 1.82) is 0 Å².